The van der Waals surface area contributed by atoms with Gasteiger partial charge in [0.25, 0.3) is 0 Å². The summed E-state index contributed by atoms with van der Waals surface area (Å²) in [6.07, 6.45) is 4.64. The molecule has 16 heavy (non-hydrogen) atoms. The molecule has 0 fully saturated rings. The maximum atomic E-state index is 9.92. The molecule has 1 atom stereocenters. The number of hydrogen-bond acceptors (Lipinski definition) is 4. The average molecular weight is 245 g/mol. The van der Waals surface area contributed by atoms with Gasteiger partial charge in [-0.2, -0.15) is 4.98 Å². The van der Waals surface area contributed by atoms with Gasteiger partial charge in [-0.1, -0.05) is 37.8 Å². The van der Waals surface area contributed by atoms with Crippen molar-refractivity contribution in [1.82, 2.24) is 9.97 Å². The molecule has 0 aliphatic heterocycles. The van der Waals surface area contributed by atoms with Crippen LogP contribution in [0.25, 0.3) is 0 Å². The van der Waals surface area contributed by atoms with Crippen molar-refractivity contribution in [1.29, 1.82) is 0 Å². The molecule has 0 radical (unpaired) electrons. The summed E-state index contributed by atoms with van der Waals surface area (Å²) in [5, 5.41) is 10.2. The summed E-state index contributed by atoms with van der Waals surface area (Å²) < 4.78 is 5.04. The van der Waals surface area contributed by atoms with Crippen molar-refractivity contribution in [2.75, 3.05) is 7.11 Å². The Labute approximate surface area is 101 Å². The van der Waals surface area contributed by atoms with Gasteiger partial charge in [0, 0.05) is 0 Å². The first kappa shape index (κ1) is 13.2. The minimum Gasteiger partial charge on any atom is -0.480 e. The van der Waals surface area contributed by atoms with Crippen molar-refractivity contribution >= 4 is 11.6 Å². The number of methoxy groups -OCH3 is 1. The molecule has 1 unspecified atom stereocenters. The lowest BCUT2D eigenvalue weighted by molar-refractivity contribution is 0.153. The molecule has 1 aromatic rings. The van der Waals surface area contributed by atoms with E-state index in [1.54, 1.807) is 0 Å². The minimum atomic E-state index is -0.633. The fourth-order valence-electron chi connectivity index (χ4n) is 1.46. The van der Waals surface area contributed by atoms with Gasteiger partial charge < -0.3 is 9.84 Å². The zero-order chi connectivity index (χ0) is 12.0. The van der Waals surface area contributed by atoms with E-state index in [4.69, 9.17) is 16.3 Å². The zero-order valence-electron chi connectivity index (χ0n) is 9.61. The molecule has 1 aromatic heterocycles. The van der Waals surface area contributed by atoms with Crippen molar-refractivity contribution in [2.45, 2.75) is 38.7 Å². The second-order valence-electron chi connectivity index (χ2n) is 3.60. The van der Waals surface area contributed by atoms with Crippen LogP contribution in [0.3, 0.4) is 0 Å². The average Bonchev–Trinajstić information content (AvgIpc) is 2.29. The second-order valence-corrected chi connectivity index (χ2v) is 3.99. The van der Waals surface area contributed by atoms with Gasteiger partial charge in [0.05, 0.1) is 13.3 Å². The van der Waals surface area contributed by atoms with Crippen LogP contribution in [0.1, 0.15) is 44.4 Å². The predicted octanol–water partition coefficient (Wildman–Crippen LogP) is 2.75. The highest BCUT2D eigenvalue weighted by Gasteiger charge is 2.16. The molecule has 90 valence electrons. The Morgan fingerprint density at radius 2 is 2.25 bits per heavy atom. The summed E-state index contributed by atoms with van der Waals surface area (Å²) in [7, 11) is 1.49. The Bertz CT molecular complexity index is 334. The number of ether oxygens (including phenoxy) is 1. The lowest BCUT2D eigenvalue weighted by atomic mass is 10.1. The first-order valence-electron chi connectivity index (χ1n) is 5.43. The van der Waals surface area contributed by atoms with Crippen LogP contribution in [0.15, 0.2) is 6.20 Å². The first-order chi connectivity index (χ1) is 7.69. The molecule has 1 N–H and O–H groups in total. The first-order valence-corrected chi connectivity index (χ1v) is 5.81. The molecule has 0 saturated heterocycles. The Hall–Kier alpha value is -0.870. The Morgan fingerprint density at radius 3 is 2.88 bits per heavy atom. The fourth-order valence-corrected chi connectivity index (χ4v) is 1.59. The van der Waals surface area contributed by atoms with Crippen LogP contribution in [0, 0.1) is 0 Å². The van der Waals surface area contributed by atoms with Crippen molar-refractivity contribution in [3.8, 4) is 5.88 Å². The highest BCUT2D eigenvalue weighted by Crippen LogP contribution is 2.25. The highest BCUT2D eigenvalue weighted by molar-refractivity contribution is 6.29. The minimum absolute atomic E-state index is 0.265. The van der Waals surface area contributed by atoms with Crippen LogP contribution in [-0.4, -0.2) is 22.2 Å². The SMILES string of the molecule is CCCCCC(O)c1ncc(Cl)nc1OC. The van der Waals surface area contributed by atoms with E-state index in [9.17, 15) is 5.11 Å². The lowest BCUT2D eigenvalue weighted by Gasteiger charge is -2.12. The molecule has 0 aromatic carbocycles. The van der Waals surface area contributed by atoms with Crippen molar-refractivity contribution in [3.05, 3.63) is 17.0 Å². The summed E-state index contributed by atoms with van der Waals surface area (Å²) >= 11 is 5.69. The van der Waals surface area contributed by atoms with Crippen LogP contribution in [0.4, 0.5) is 0 Å². The maximum Gasteiger partial charge on any atom is 0.239 e. The summed E-state index contributed by atoms with van der Waals surface area (Å²) in [6, 6.07) is 0. The van der Waals surface area contributed by atoms with Gasteiger partial charge in [0.15, 0.2) is 5.15 Å². The Morgan fingerprint density at radius 1 is 1.50 bits per heavy atom. The number of aromatic nitrogens is 2. The number of aliphatic hydroxyl groups excluding tert-OH is 1. The molecule has 0 amide bonds. The number of nitrogens with zero attached hydrogens (tertiary/aromatic N) is 2. The molecule has 0 spiro atoms. The summed E-state index contributed by atoms with van der Waals surface area (Å²) in [5.74, 6) is 0.302. The van der Waals surface area contributed by atoms with E-state index in [1.165, 1.54) is 13.3 Å². The zero-order valence-corrected chi connectivity index (χ0v) is 10.4. The number of aliphatic hydroxyl groups is 1. The molecular weight excluding hydrogens is 228 g/mol. The van der Waals surface area contributed by atoms with Crippen LogP contribution < -0.4 is 4.74 Å². The Balaban J connectivity index is 2.70. The molecule has 4 nitrogen and oxygen atoms in total. The normalized spacial score (nSPS) is 12.5. The summed E-state index contributed by atoms with van der Waals surface area (Å²) in [5.41, 5.74) is 0.461. The van der Waals surface area contributed by atoms with E-state index in [-0.39, 0.29) is 5.15 Å². The third-order valence-corrected chi connectivity index (χ3v) is 2.51. The van der Waals surface area contributed by atoms with Crippen molar-refractivity contribution in [2.24, 2.45) is 0 Å². The molecule has 1 heterocycles. The van der Waals surface area contributed by atoms with E-state index in [1.807, 2.05) is 0 Å². The molecule has 0 bridgehead atoms. The summed E-state index contributed by atoms with van der Waals surface area (Å²) in [6.45, 7) is 2.12. The quantitative estimate of drug-likeness (QED) is 0.782. The molecular formula is C11H17ClN2O2. The van der Waals surface area contributed by atoms with Gasteiger partial charge in [-0.15, -0.1) is 0 Å². The van der Waals surface area contributed by atoms with Crippen LogP contribution in [0.5, 0.6) is 5.88 Å². The molecule has 0 saturated carbocycles. The number of halogens is 1. The van der Waals surface area contributed by atoms with Gasteiger partial charge in [0.1, 0.15) is 11.8 Å². The third kappa shape index (κ3) is 3.61. The molecule has 5 heteroatoms. The van der Waals surface area contributed by atoms with E-state index in [0.717, 1.165) is 19.3 Å². The van der Waals surface area contributed by atoms with E-state index < -0.39 is 6.10 Å². The number of unbranched alkanes of at least 4 members (excludes halogenated alkanes) is 2. The number of rotatable bonds is 6. The smallest absolute Gasteiger partial charge is 0.239 e. The lowest BCUT2D eigenvalue weighted by Crippen LogP contribution is -2.05. The van der Waals surface area contributed by atoms with Gasteiger partial charge >= 0.3 is 0 Å². The van der Waals surface area contributed by atoms with E-state index >= 15 is 0 Å². The largest absolute Gasteiger partial charge is 0.480 e. The van der Waals surface area contributed by atoms with Crippen molar-refractivity contribution in [3.63, 3.8) is 0 Å². The topological polar surface area (TPSA) is 55.2 Å². The highest BCUT2D eigenvalue weighted by atomic mass is 35.5. The van der Waals surface area contributed by atoms with Gasteiger partial charge in [-0.3, -0.25) is 0 Å². The monoisotopic (exact) mass is 244 g/mol. The standard InChI is InChI=1S/C11H17ClN2O2/c1-3-4-5-6-8(15)10-11(16-2)14-9(12)7-13-10/h7-8,15H,3-6H2,1-2H3. The molecule has 0 aliphatic carbocycles. The fraction of sp³-hybridized carbons (Fsp3) is 0.636. The van der Waals surface area contributed by atoms with Crippen LogP contribution in [0.2, 0.25) is 5.15 Å². The van der Waals surface area contributed by atoms with E-state index in [2.05, 4.69) is 16.9 Å². The maximum absolute atomic E-state index is 9.92. The van der Waals surface area contributed by atoms with Gasteiger partial charge in [-0.25, -0.2) is 4.98 Å². The predicted molar refractivity (Wildman–Crippen MR) is 62.7 cm³/mol. The Kier molecular flexibility index (Phi) is 5.49. The van der Waals surface area contributed by atoms with Gasteiger partial charge in [0.2, 0.25) is 5.88 Å². The van der Waals surface area contributed by atoms with Crippen LogP contribution >= 0.6 is 11.6 Å². The molecule has 0 aliphatic rings. The van der Waals surface area contributed by atoms with E-state index in [0.29, 0.717) is 18.0 Å². The molecule has 1 rings (SSSR count). The number of hydrogen-bond donors (Lipinski definition) is 1. The van der Waals surface area contributed by atoms with Crippen molar-refractivity contribution < 1.29 is 9.84 Å². The summed E-state index contributed by atoms with van der Waals surface area (Å²) in [4.78, 5) is 8.02. The van der Waals surface area contributed by atoms with Crippen LogP contribution in [-0.2, 0) is 0 Å². The third-order valence-electron chi connectivity index (χ3n) is 2.33. The second kappa shape index (κ2) is 6.66. The van der Waals surface area contributed by atoms with Gasteiger partial charge in [-0.05, 0) is 6.42 Å².